The van der Waals surface area contributed by atoms with E-state index in [1.807, 2.05) is 32.0 Å². The molecule has 2 heterocycles. The van der Waals surface area contributed by atoms with Crippen LogP contribution in [0.5, 0.6) is 5.75 Å². The summed E-state index contributed by atoms with van der Waals surface area (Å²) in [6.45, 7) is 5.82. The van der Waals surface area contributed by atoms with E-state index in [1.54, 1.807) is 13.3 Å². The zero-order valence-corrected chi connectivity index (χ0v) is 16.2. The smallest absolute Gasteiger partial charge is 0.317 e. The number of hydrogen-bond donors (Lipinski definition) is 0. The van der Waals surface area contributed by atoms with Crippen LogP contribution < -0.4 is 4.74 Å². The number of benzene rings is 2. The van der Waals surface area contributed by atoms with Crippen molar-refractivity contribution in [1.29, 1.82) is 0 Å². The van der Waals surface area contributed by atoms with E-state index in [4.69, 9.17) is 9.47 Å². The summed E-state index contributed by atoms with van der Waals surface area (Å²) in [5.74, 6) is 0.477. The summed E-state index contributed by atoms with van der Waals surface area (Å²) in [6.07, 6.45) is 1.77. The molecule has 0 fully saturated rings. The lowest BCUT2D eigenvalue weighted by Gasteiger charge is -2.22. The third-order valence-corrected chi connectivity index (χ3v) is 5.33. The van der Waals surface area contributed by atoms with Gasteiger partial charge in [-0.15, -0.1) is 0 Å². The largest absolute Gasteiger partial charge is 0.497 e. The van der Waals surface area contributed by atoms with Gasteiger partial charge in [-0.1, -0.05) is 12.1 Å². The number of aromatic nitrogens is 2. The van der Waals surface area contributed by atoms with E-state index in [9.17, 15) is 4.79 Å². The van der Waals surface area contributed by atoms with Crippen LogP contribution in [0.25, 0.3) is 27.3 Å². The number of methoxy groups -OCH3 is 2. The van der Waals surface area contributed by atoms with Crippen molar-refractivity contribution in [3.8, 4) is 5.75 Å². The lowest BCUT2D eigenvalue weighted by molar-refractivity contribution is -0.146. The van der Waals surface area contributed by atoms with Crippen LogP contribution in [0.2, 0.25) is 0 Å². The highest BCUT2D eigenvalue weighted by atomic mass is 16.5. The van der Waals surface area contributed by atoms with E-state index in [1.165, 1.54) is 12.7 Å². The first-order valence-electron chi connectivity index (χ1n) is 8.85. The maximum absolute atomic E-state index is 12.5. The standard InChI is InChI=1S/C22H22N2O3/c1-13-7-6-8-17-19(13)15-10-9-14(26-4)11-16(15)20-23-12-18(24(17)20)22(2,3)21(25)27-5/h6-12H,1-5H3. The number of carbonyl (C=O) groups is 1. The molecule has 5 heteroatoms. The second-order valence-corrected chi connectivity index (χ2v) is 7.30. The van der Waals surface area contributed by atoms with Crippen molar-refractivity contribution in [3.63, 3.8) is 0 Å². The fourth-order valence-corrected chi connectivity index (χ4v) is 3.83. The van der Waals surface area contributed by atoms with E-state index >= 15 is 0 Å². The normalized spacial score (nSPS) is 12.0. The molecule has 2 aromatic heterocycles. The Hall–Kier alpha value is -3.08. The van der Waals surface area contributed by atoms with Crippen molar-refractivity contribution in [2.24, 2.45) is 0 Å². The summed E-state index contributed by atoms with van der Waals surface area (Å²) in [5, 5.41) is 3.25. The van der Waals surface area contributed by atoms with Crippen molar-refractivity contribution < 1.29 is 14.3 Å². The van der Waals surface area contributed by atoms with Gasteiger partial charge in [-0.05, 0) is 56.0 Å². The Morgan fingerprint density at radius 3 is 2.59 bits per heavy atom. The average molecular weight is 362 g/mol. The molecule has 2 aromatic carbocycles. The summed E-state index contributed by atoms with van der Waals surface area (Å²) >= 11 is 0. The van der Waals surface area contributed by atoms with Gasteiger partial charge in [-0.25, -0.2) is 4.98 Å². The summed E-state index contributed by atoms with van der Waals surface area (Å²) in [7, 11) is 3.07. The summed E-state index contributed by atoms with van der Waals surface area (Å²) in [4.78, 5) is 17.1. The molecule has 0 saturated carbocycles. The summed E-state index contributed by atoms with van der Waals surface area (Å²) in [5.41, 5.74) is 2.95. The molecular weight excluding hydrogens is 340 g/mol. The van der Waals surface area contributed by atoms with Crippen LogP contribution >= 0.6 is 0 Å². The first-order valence-corrected chi connectivity index (χ1v) is 8.85. The fourth-order valence-electron chi connectivity index (χ4n) is 3.83. The van der Waals surface area contributed by atoms with Crippen molar-refractivity contribution in [1.82, 2.24) is 9.38 Å². The van der Waals surface area contributed by atoms with Gasteiger partial charge in [0, 0.05) is 10.8 Å². The highest BCUT2D eigenvalue weighted by Crippen LogP contribution is 2.36. The number of esters is 1. The predicted molar refractivity (Wildman–Crippen MR) is 107 cm³/mol. The van der Waals surface area contributed by atoms with Crippen LogP contribution in [-0.2, 0) is 14.9 Å². The van der Waals surface area contributed by atoms with Crippen molar-refractivity contribution in [3.05, 3.63) is 53.9 Å². The molecule has 0 N–H and O–H groups in total. The monoisotopic (exact) mass is 362 g/mol. The van der Waals surface area contributed by atoms with Gasteiger partial charge in [-0.2, -0.15) is 0 Å². The SMILES string of the molecule is COC(=O)C(C)(C)c1cnc2c3cc(OC)ccc3c3c(C)cccc3n12. The average Bonchev–Trinajstić information content (AvgIpc) is 3.13. The number of pyridine rings is 1. The number of hydrogen-bond acceptors (Lipinski definition) is 4. The number of ether oxygens (including phenoxy) is 2. The molecule has 0 unspecified atom stereocenters. The number of fused-ring (bicyclic) bond motifs is 6. The van der Waals surface area contributed by atoms with Crippen LogP contribution in [0.1, 0.15) is 25.1 Å². The van der Waals surface area contributed by atoms with Gasteiger partial charge in [0.25, 0.3) is 0 Å². The molecule has 0 saturated heterocycles. The van der Waals surface area contributed by atoms with Crippen LogP contribution in [-0.4, -0.2) is 29.6 Å². The van der Waals surface area contributed by atoms with E-state index in [0.717, 1.165) is 38.8 Å². The van der Waals surface area contributed by atoms with Crippen LogP contribution in [0.15, 0.2) is 42.6 Å². The van der Waals surface area contributed by atoms with E-state index in [2.05, 4.69) is 34.5 Å². The molecule has 0 radical (unpaired) electrons. The molecule has 0 aliphatic rings. The molecule has 0 bridgehead atoms. The molecule has 27 heavy (non-hydrogen) atoms. The quantitative estimate of drug-likeness (QED) is 0.400. The molecule has 0 aliphatic heterocycles. The number of nitrogens with zero attached hydrogens (tertiary/aromatic N) is 2. The zero-order valence-electron chi connectivity index (χ0n) is 16.2. The van der Waals surface area contributed by atoms with E-state index in [-0.39, 0.29) is 5.97 Å². The number of carbonyl (C=O) groups excluding carboxylic acids is 1. The van der Waals surface area contributed by atoms with E-state index < -0.39 is 5.41 Å². The van der Waals surface area contributed by atoms with E-state index in [0.29, 0.717) is 0 Å². The van der Waals surface area contributed by atoms with Crippen molar-refractivity contribution in [2.75, 3.05) is 14.2 Å². The lowest BCUT2D eigenvalue weighted by Crippen LogP contribution is -2.31. The molecule has 4 rings (SSSR count). The maximum Gasteiger partial charge on any atom is 0.317 e. The van der Waals surface area contributed by atoms with Gasteiger partial charge in [0.1, 0.15) is 16.8 Å². The minimum absolute atomic E-state index is 0.296. The Morgan fingerprint density at radius 1 is 1.11 bits per heavy atom. The predicted octanol–water partition coefficient (Wildman–Crippen LogP) is 4.41. The topological polar surface area (TPSA) is 52.8 Å². The molecule has 0 spiro atoms. The number of rotatable bonds is 3. The molecular formula is C22H22N2O3. The first kappa shape index (κ1) is 17.3. The Labute approximate surface area is 157 Å². The minimum atomic E-state index is -0.836. The van der Waals surface area contributed by atoms with Gasteiger partial charge in [0.2, 0.25) is 0 Å². The Bertz CT molecular complexity index is 1200. The van der Waals surface area contributed by atoms with Gasteiger partial charge < -0.3 is 9.47 Å². The van der Waals surface area contributed by atoms with Crippen molar-refractivity contribution >= 4 is 33.3 Å². The second kappa shape index (κ2) is 5.98. The van der Waals surface area contributed by atoms with Crippen LogP contribution in [0.3, 0.4) is 0 Å². The fraction of sp³-hybridized carbons (Fsp3) is 0.273. The molecule has 0 amide bonds. The molecule has 0 atom stereocenters. The highest BCUT2D eigenvalue weighted by Gasteiger charge is 2.35. The molecule has 138 valence electrons. The second-order valence-electron chi connectivity index (χ2n) is 7.30. The molecule has 4 aromatic rings. The van der Waals surface area contributed by atoms with Gasteiger partial charge in [0.15, 0.2) is 0 Å². The highest BCUT2D eigenvalue weighted by molar-refractivity contribution is 6.13. The van der Waals surface area contributed by atoms with Gasteiger partial charge >= 0.3 is 5.97 Å². The Kier molecular flexibility index (Phi) is 3.84. The zero-order chi connectivity index (χ0) is 19.3. The summed E-state index contributed by atoms with van der Waals surface area (Å²) in [6, 6.07) is 12.2. The number of imidazole rings is 1. The third kappa shape index (κ3) is 2.38. The lowest BCUT2D eigenvalue weighted by atomic mass is 9.89. The summed E-state index contributed by atoms with van der Waals surface area (Å²) < 4.78 is 12.5. The molecule has 0 aliphatic carbocycles. The minimum Gasteiger partial charge on any atom is -0.497 e. The van der Waals surface area contributed by atoms with Crippen molar-refractivity contribution in [2.45, 2.75) is 26.2 Å². The number of aryl methyl sites for hydroxylation is 1. The third-order valence-electron chi connectivity index (χ3n) is 5.33. The van der Waals surface area contributed by atoms with Gasteiger partial charge in [-0.3, -0.25) is 9.20 Å². The Balaban J connectivity index is 2.25. The first-order chi connectivity index (χ1) is 12.9. The maximum atomic E-state index is 12.5. The Morgan fingerprint density at radius 2 is 1.89 bits per heavy atom. The van der Waals surface area contributed by atoms with Crippen LogP contribution in [0, 0.1) is 6.92 Å². The van der Waals surface area contributed by atoms with Gasteiger partial charge in [0.05, 0.1) is 31.6 Å². The van der Waals surface area contributed by atoms with Crippen LogP contribution in [0.4, 0.5) is 0 Å². The molecule has 5 nitrogen and oxygen atoms in total.